The highest BCUT2D eigenvalue weighted by atomic mass is 16.1. The second-order valence-electron chi connectivity index (χ2n) is 7.83. The minimum absolute atomic E-state index is 0.0828. The first kappa shape index (κ1) is 19.4. The highest BCUT2D eigenvalue weighted by Crippen LogP contribution is 2.24. The summed E-state index contributed by atoms with van der Waals surface area (Å²) in [6.45, 7) is 4.41. The number of hydrogen-bond donors (Lipinski definition) is 0. The van der Waals surface area contributed by atoms with Gasteiger partial charge in [0.15, 0.2) is 11.5 Å². The van der Waals surface area contributed by atoms with Crippen LogP contribution in [0.2, 0.25) is 0 Å². The number of rotatable bonds is 5. The Morgan fingerprint density at radius 1 is 0.710 bits per heavy atom. The van der Waals surface area contributed by atoms with E-state index in [0.29, 0.717) is 17.1 Å². The third kappa shape index (κ3) is 4.18. The Morgan fingerprint density at radius 2 is 1.29 bits per heavy atom. The topological polar surface area (TPSA) is 49.3 Å². The van der Waals surface area contributed by atoms with Gasteiger partial charge in [0.05, 0.1) is 11.0 Å². The summed E-state index contributed by atoms with van der Waals surface area (Å²) in [5.41, 5.74) is 3.95. The lowest BCUT2D eigenvalue weighted by Crippen LogP contribution is -2.46. The van der Waals surface area contributed by atoms with E-state index < -0.39 is 0 Å². The molecule has 0 spiro atoms. The van der Waals surface area contributed by atoms with Gasteiger partial charge in [-0.15, -0.1) is 0 Å². The van der Waals surface area contributed by atoms with Crippen LogP contribution in [0, 0.1) is 0 Å². The Balaban J connectivity index is 1.43. The Bertz CT molecular complexity index is 1190. The van der Waals surface area contributed by atoms with Crippen LogP contribution in [0.25, 0.3) is 11.0 Å². The number of piperazine rings is 1. The van der Waals surface area contributed by atoms with E-state index in [1.54, 1.807) is 0 Å². The smallest absolute Gasteiger partial charge is 0.215 e. The Hall–Kier alpha value is -3.57. The number of para-hydroxylation sites is 2. The third-order valence-corrected chi connectivity index (χ3v) is 5.72. The maximum atomic E-state index is 13.3. The summed E-state index contributed by atoms with van der Waals surface area (Å²) >= 11 is 0. The lowest BCUT2D eigenvalue weighted by Gasteiger charge is -2.36. The van der Waals surface area contributed by atoms with Crippen LogP contribution in [0.3, 0.4) is 0 Å². The van der Waals surface area contributed by atoms with Gasteiger partial charge < -0.3 is 4.90 Å². The molecule has 1 aliphatic rings. The van der Waals surface area contributed by atoms with Crippen molar-refractivity contribution >= 4 is 22.6 Å². The van der Waals surface area contributed by atoms with Crippen LogP contribution in [0.5, 0.6) is 0 Å². The molecule has 0 amide bonds. The third-order valence-electron chi connectivity index (χ3n) is 5.72. The fourth-order valence-corrected chi connectivity index (χ4v) is 4.05. The predicted molar refractivity (Wildman–Crippen MR) is 123 cm³/mol. The molecule has 31 heavy (non-hydrogen) atoms. The molecule has 0 unspecified atom stereocenters. The van der Waals surface area contributed by atoms with E-state index in [0.717, 1.165) is 43.8 Å². The monoisotopic (exact) mass is 408 g/mol. The second-order valence-corrected chi connectivity index (χ2v) is 7.83. The molecule has 5 nitrogen and oxygen atoms in total. The summed E-state index contributed by atoms with van der Waals surface area (Å²) in [5.74, 6) is 0.604. The maximum absolute atomic E-state index is 13.3. The van der Waals surface area contributed by atoms with Crippen molar-refractivity contribution in [2.24, 2.45) is 0 Å². The zero-order valence-electron chi connectivity index (χ0n) is 17.3. The Labute approximate surface area is 182 Å². The molecule has 1 saturated heterocycles. The Morgan fingerprint density at radius 3 is 1.97 bits per heavy atom. The Kier molecular flexibility index (Phi) is 5.42. The quantitative estimate of drug-likeness (QED) is 0.464. The molecular weight excluding hydrogens is 384 g/mol. The van der Waals surface area contributed by atoms with Crippen molar-refractivity contribution in [3.05, 3.63) is 102 Å². The van der Waals surface area contributed by atoms with E-state index in [1.807, 2.05) is 60.7 Å². The van der Waals surface area contributed by atoms with Crippen LogP contribution in [-0.2, 0) is 6.54 Å². The number of aromatic nitrogens is 2. The fraction of sp³-hybridized carbons (Fsp3) is 0.192. The molecule has 4 aromatic rings. The largest absolute Gasteiger partial charge is 0.352 e. The maximum Gasteiger partial charge on any atom is 0.215 e. The normalized spacial score (nSPS) is 14.6. The van der Waals surface area contributed by atoms with Crippen molar-refractivity contribution in [2.45, 2.75) is 6.54 Å². The number of anilines is 1. The molecule has 154 valence electrons. The van der Waals surface area contributed by atoms with Crippen LogP contribution in [0.1, 0.15) is 21.6 Å². The minimum Gasteiger partial charge on any atom is -0.352 e. The molecule has 0 N–H and O–H groups in total. The number of carbonyl (C=O) groups excluding carboxylic acids is 1. The summed E-state index contributed by atoms with van der Waals surface area (Å²) in [6.07, 6.45) is 0. The molecule has 0 bridgehead atoms. The zero-order chi connectivity index (χ0) is 21.0. The van der Waals surface area contributed by atoms with Gasteiger partial charge in [-0.2, -0.15) is 0 Å². The molecule has 0 aliphatic carbocycles. The second kappa shape index (κ2) is 8.66. The van der Waals surface area contributed by atoms with Crippen molar-refractivity contribution in [2.75, 3.05) is 31.1 Å². The van der Waals surface area contributed by atoms with E-state index in [9.17, 15) is 4.79 Å². The van der Waals surface area contributed by atoms with Crippen LogP contribution >= 0.6 is 0 Å². The molecule has 1 aromatic heterocycles. The number of ketones is 1. The molecule has 3 aromatic carbocycles. The first-order valence-electron chi connectivity index (χ1n) is 10.7. The highest BCUT2D eigenvalue weighted by Gasteiger charge is 2.25. The van der Waals surface area contributed by atoms with E-state index in [-0.39, 0.29) is 5.78 Å². The number of hydrogen-bond acceptors (Lipinski definition) is 5. The molecule has 1 aliphatic heterocycles. The average Bonchev–Trinajstić information content (AvgIpc) is 2.84. The molecule has 5 rings (SSSR count). The van der Waals surface area contributed by atoms with E-state index in [4.69, 9.17) is 9.97 Å². The standard InChI is InChI=1S/C26H24N4O/c31-25(21-11-5-2-6-12-21)24-26(28-23-14-8-7-13-22(23)27-24)30-17-15-29(16-18-30)19-20-9-3-1-4-10-20/h1-14H,15-19H2. The van der Waals surface area contributed by atoms with Gasteiger partial charge in [-0.1, -0.05) is 72.8 Å². The summed E-state index contributed by atoms with van der Waals surface area (Å²) < 4.78 is 0. The lowest BCUT2D eigenvalue weighted by atomic mass is 10.1. The lowest BCUT2D eigenvalue weighted by molar-refractivity contribution is 0.103. The number of carbonyl (C=O) groups is 1. The number of fused-ring (bicyclic) bond motifs is 1. The molecular formula is C26H24N4O. The van der Waals surface area contributed by atoms with Crippen LogP contribution in [0.4, 0.5) is 5.82 Å². The summed E-state index contributed by atoms with van der Waals surface area (Å²) in [5, 5.41) is 0. The van der Waals surface area contributed by atoms with Gasteiger partial charge in [-0.25, -0.2) is 9.97 Å². The molecule has 0 atom stereocenters. The first-order chi connectivity index (χ1) is 15.3. The van der Waals surface area contributed by atoms with Crippen molar-refractivity contribution in [1.29, 1.82) is 0 Å². The SMILES string of the molecule is O=C(c1ccccc1)c1nc2ccccc2nc1N1CCN(Cc2ccccc2)CC1. The van der Waals surface area contributed by atoms with Crippen LogP contribution in [-0.4, -0.2) is 46.8 Å². The van der Waals surface area contributed by atoms with Gasteiger partial charge in [0.2, 0.25) is 5.78 Å². The minimum atomic E-state index is -0.0828. The molecule has 2 heterocycles. The van der Waals surface area contributed by atoms with Gasteiger partial charge in [-0.05, 0) is 17.7 Å². The average molecular weight is 409 g/mol. The van der Waals surface area contributed by atoms with Gasteiger partial charge in [0.1, 0.15) is 0 Å². The van der Waals surface area contributed by atoms with Crippen molar-refractivity contribution in [1.82, 2.24) is 14.9 Å². The van der Waals surface area contributed by atoms with Crippen molar-refractivity contribution in [3.63, 3.8) is 0 Å². The van der Waals surface area contributed by atoms with Gasteiger partial charge >= 0.3 is 0 Å². The van der Waals surface area contributed by atoms with E-state index in [2.05, 4.69) is 34.1 Å². The first-order valence-corrected chi connectivity index (χ1v) is 10.7. The predicted octanol–water partition coefficient (Wildman–Crippen LogP) is 4.18. The van der Waals surface area contributed by atoms with Crippen LogP contribution in [0.15, 0.2) is 84.9 Å². The highest BCUT2D eigenvalue weighted by molar-refractivity contribution is 6.11. The van der Waals surface area contributed by atoms with Crippen molar-refractivity contribution < 1.29 is 4.79 Å². The fourth-order valence-electron chi connectivity index (χ4n) is 4.05. The number of benzene rings is 3. The van der Waals surface area contributed by atoms with Gasteiger partial charge in [-0.3, -0.25) is 9.69 Å². The van der Waals surface area contributed by atoms with Gasteiger partial charge in [0.25, 0.3) is 0 Å². The van der Waals surface area contributed by atoms with E-state index in [1.165, 1.54) is 5.56 Å². The molecule has 0 radical (unpaired) electrons. The van der Waals surface area contributed by atoms with Crippen LogP contribution < -0.4 is 4.90 Å². The van der Waals surface area contributed by atoms with Crippen molar-refractivity contribution in [3.8, 4) is 0 Å². The molecule has 5 heteroatoms. The zero-order valence-corrected chi connectivity index (χ0v) is 17.3. The molecule has 0 saturated carbocycles. The van der Waals surface area contributed by atoms with Gasteiger partial charge in [0, 0.05) is 38.3 Å². The summed E-state index contributed by atoms with van der Waals surface area (Å²) in [6, 6.07) is 27.6. The summed E-state index contributed by atoms with van der Waals surface area (Å²) in [4.78, 5) is 27.6. The summed E-state index contributed by atoms with van der Waals surface area (Å²) in [7, 11) is 0. The number of nitrogens with zero attached hydrogens (tertiary/aromatic N) is 4. The van der Waals surface area contributed by atoms with E-state index >= 15 is 0 Å². The molecule has 1 fully saturated rings.